The number of halogens is 3. The van der Waals surface area contributed by atoms with E-state index in [2.05, 4.69) is 0 Å². The molecule has 1 nitrogen and oxygen atoms in total. The standard InChI is InChI=1S/C8H13F3O/c9-8(10,11)7(4-5-7)3-1-2-6-12/h12H,1-6H2. The van der Waals surface area contributed by atoms with Crippen LogP contribution in [0.1, 0.15) is 32.1 Å². The Labute approximate surface area is 69.6 Å². The Balaban J connectivity index is 2.30. The van der Waals surface area contributed by atoms with Crippen molar-refractivity contribution in [1.29, 1.82) is 0 Å². The van der Waals surface area contributed by atoms with Crippen molar-refractivity contribution in [2.75, 3.05) is 6.61 Å². The van der Waals surface area contributed by atoms with Crippen LogP contribution < -0.4 is 0 Å². The SMILES string of the molecule is OCCCCC1(C(F)(F)F)CC1. The maximum atomic E-state index is 12.3. The number of unbranched alkanes of at least 4 members (excludes halogenated alkanes) is 1. The Bertz CT molecular complexity index is 149. The summed E-state index contributed by atoms with van der Waals surface area (Å²) in [5, 5.41) is 8.41. The van der Waals surface area contributed by atoms with Crippen molar-refractivity contribution < 1.29 is 18.3 Å². The highest BCUT2D eigenvalue weighted by atomic mass is 19.4. The van der Waals surface area contributed by atoms with E-state index in [-0.39, 0.29) is 25.9 Å². The van der Waals surface area contributed by atoms with E-state index >= 15 is 0 Å². The lowest BCUT2D eigenvalue weighted by Crippen LogP contribution is -2.24. The molecular formula is C8H13F3O. The average Bonchev–Trinajstić information content (AvgIpc) is 2.67. The molecule has 1 aliphatic rings. The molecule has 0 radical (unpaired) electrons. The molecule has 0 bridgehead atoms. The molecule has 4 heteroatoms. The number of rotatable bonds is 4. The number of aliphatic hydroxyl groups is 1. The molecule has 1 fully saturated rings. The van der Waals surface area contributed by atoms with Gasteiger partial charge in [-0.05, 0) is 25.7 Å². The van der Waals surface area contributed by atoms with Crippen molar-refractivity contribution in [3.05, 3.63) is 0 Å². The Hall–Kier alpha value is -0.250. The molecule has 0 unspecified atom stereocenters. The molecule has 0 spiro atoms. The molecule has 0 heterocycles. The highest BCUT2D eigenvalue weighted by Gasteiger charge is 2.62. The predicted molar refractivity (Wildman–Crippen MR) is 38.7 cm³/mol. The Morgan fingerprint density at radius 1 is 1.17 bits per heavy atom. The summed E-state index contributed by atoms with van der Waals surface area (Å²) >= 11 is 0. The minimum absolute atomic E-state index is 0.00601. The van der Waals surface area contributed by atoms with E-state index in [4.69, 9.17) is 5.11 Å². The van der Waals surface area contributed by atoms with Gasteiger partial charge in [0.15, 0.2) is 0 Å². The molecule has 1 aliphatic carbocycles. The maximum Gasteiger partial charge on any atom is 0.394 e. The van der Waals surface area contributed by atoms with Gasteiger partial charge in [-0.25, -0.2) is 0 Å². The molecule has 1 saturated carbocycles. The van der Waals surface area contributed by atoms with Crippen LogP contribution in [0.3, 0.4) is 0 Å². The van der Waals surface area contributed by atoms with Crippen LogP contribution in [-0.4, -0.2) is 17.9 Å². The van der Waals surface area contributed by atoms with Gasteiger partial charge in [0.25, 0.3) is 0 Å². The first-order valence-electron chi connectivity index (χ1n) is 4.19. The van der Waals surface area contributed by atoms with Crippen LogP contribution in [0.25, 0.3) is 0 Å². The summed E-state index contributed by atoms with van der Waals surface area (Å²) in [5.74, 6) is 0. The van der Waals surface area contributed by atoms with E-state index in [0.717, 1.165) is 0 Å². The van der Waals surface area contributed by atoms with Gasteiger partial charge in [-0.15, -0.1) is 0 Å². The highest BCUT2D eigenvalue weighted by Crippen LogP contribution is 2.60. The lowest BCUT2D eigenvalue weighted by atomic mass is 9.99. The van der Waals surface area contributed by atoms with Gasteiger partial charge in [-0.2, -0.15) is 13.2 Å². The van der Waals surface area contributed by atoms with Gasteiger partial charge in [0, 0.05) is 6.61 Å². The summed E-state index contributed by atoms with van der Waals surface area (Å²) in [4.78, 5) is 0. The third kappa shape index (κ3) is 1.91. The second-order valence-electron chi connectivity index (χ2n) is 3.46. The number of hydrogen-bond donors (Lipinski definition) is 1. The maximum absolute atomic E-state index is 12.3. The molecule has 0 aromatic carbocycles. The minimum Gasteiger partial charge on any atom is -0.396 e. The summed E-state index contributed by atoms with van der Waals surface area (Å²) in [6, 6.07) is 0. The third-order valence-corrected chi connectivity index (χ3v) is 2.52. The summed E-state index contributed by atoms with van der Waals surface area (Å²) in [7, 11) is 0. The summed E-state index contributed by atoms with van der Waals surface area (Å²) in [6.07, 6.45) is -2.31. The van der Waals surface area contributed by atoms with Crippen LogP contribution in [0.4, 0.5) is 13.2 Å². The molecular weight excluding hydrogens is 169 g/mol. The zero-order chi connectivity index (χ0) is 9.24. The molecule has 72 valence electrons. The van der Waals surface area contributed by atoms with Crippen LogP contribution in [0.15, 0.2) is 0 Å². The fraction of sp³-hybridized carbons (Fsp3) is 1.00. The fourth-order valence-corrected chi connectivity index (χ4v) is 1.40. The minimum atomic E-state index is -4.03. The average molecular weight is 182 g/mol. The van der Waals surface area contributed by atoms with E-state index in [1.807, 2.05) is 0 Å². The zero-order valence-electron chi connectivity index (χ0n) is 6.82. The first kappa shape index (κ1) is 9.84. The predicted octanol–water partition coefficient (Wildman–Crippen LogP) is 2.49. The monoisotopic (exact) mass is 182 g/mol. The molecule has 0 aromatic rings. The van der Waals surface area contributed by atoms with Crippen LogP contribution in [0.2, 0.25) is 0 Å². The lowest BCUT2D eigenvalue weighted by molar-refractivity contribution is -0.189. The van der Waals surface area contributed by atoms with Crippen molar-refractivity contribution in [3.63, 3.8) is 0 Å². The van der Waals surface area contributed by atoms with E-state index < -0.39 is 11.6 Å². The summed E-state index contributed by atoms with van der Waals surface area (Å²) in [6.45, 7) is -0.00601. The molecule has 0 saturated heterocycles. The van der Waals surface area contributed by atoms with E-state index in [1.165, 1.54) is 0 Å². The molecule has 12 heavy (non-hydrogen) atoms. The van der Waals surface area contributed by atoms with Crippen molar-refractivity contribution in [3.8, 4) is 0 Å². The molecule has 0 amide bonds. The van der Waals surface area contributed by atoms with Gasteiger partial charge in [0.05, 0.1) is 5.41 Å². The fourth-order valence-electron chi connectivity index (χ4n) is 1.40. The van der Waals surface area contributed by atoms with Gasteiger partial charge in [0.2, 0.25) is 0 Å². The van der Waals surface area contributed by atoms with Crippen molar-refractivity contribution in [1.82, 2.24) is 0 Å². The van der Waals surface area contributed by atoms with Crippen LogP contribution in [0.5, 0.6) is 0 Å². The first-order valence-corrected chi connectivity index (χ1v) is 4.19. The summed E-state index contributed by atoms with van der Waals surface area (Å²) in [5.41, 5.74) is -1.37. The van der Waals surface area contributed by atoms with Crippen LogP contribution >= 0.6 is 0 Å². The van der Waals surface area contributed by atoms with E-state index in [9.17, 15) is 13.2 Å². The Kier molecular flexibility index (Phi) is 2.66. The molecule has 1 rings (SSSR count). The zero-order valence-corrected chi connectivity index (χ0v) is 6.82. The number of aliphatic hydroxyl groups excluding tert-OH is 1. The second-order valence-corrected chi connectivity index (χ2v) is 3.46. The quantitative estimate of drug-likeness (QED) is 0.662. The second kappa shape index (κ2) is 3.24. The lowest BCUT2D eigenvalue weighted by Gasteiger charge is -2.18. The summed E-state index contributed by atoms with van der Waals surface area (Å²) < 4.78 is 36.8. The molecule has 0 atom stereocenters. The largest absolute Gasteiger partial charge is 0.396 e. The molecule has 1 N–H and O–H groups in total. The van der Waals surface area contributed by atoms with E-state index in [0.29, 0.717) is 12.8 Å². The molecule has 0 aliphatic heterocycles. The van der Waals surface area contributed by atoms with Crippen LogP contribution in [-0.2, 0) is 0 Å². The first-order chi connectivity index (χ1) is 5.52. The normalized spacial score (nSPS) is 21.0. The highest BCUT2D eigenvalue weighted by molar-refractivity contribution is 4.98. The van der Waals surface area contributed by atoms with Crippen LogP contribution in [0, 0.1) is 5.41 Å². The van der Waals surface area contributed by atoms with Gasteiger partial charge < -0.3 is 5.11 Å². The Morgan fingerprint density at radius 3 is 2.08 bits per heavy atom. The topological polar surface area (TPSA) is 20.2 Å². The van der Waals surface area contributed by atoms with E-state index in [1.54, 1.807) is 0 Å². The van der Waals surface area contributed by atoms with Gasteiger partial charge in [0.1, 0.15) is 0 Å². The van der Waals surface area contributed by atoms with Crippen molar-refractivity contribution in [2.45, 2.75) is 38.3 Å². The van der Waals surface area contributed by atoms with Gasteiger partial charge in [-0.1, -0.05) is 6.42 Å². The van der Waals surface area contributed by atoms with Crippen molar-refractivity contribution >= 4 is 0 Å². The van der Waals surface area contributed by atoms with Gasteiger partial charge in [-0.3, -0.25) is 0 Å². The smallest absolute Gasteiger partial charge is 0.394 e. The third-order valence-electron chi connectivity index (χ3n) is 2.52. The molecule has 0 aromatic heterocycles. The number of alkyl halides is 3. The number of hydrogen-bond acceptors (Lipinski definition) is 1. The van der Waals surface area contributed by atoms with Crippen molar-refractivity contribution in [2.24, 2.45) is 5.41 Å². The van der Waals surface area contributed by atoms with Gasteiger partial charge >= 0.3 is 6.18 Å². The Morgan fingerprint density at radius 2 is 1.75 bits per heavy atom.